The fourth-order valence-corrected chi connectivity index (χ4v) is 2.76. The van der Waals surface area contributed by atoms with E-state index in [1.54, 1.807) is 6.07 Å². The molecule has 0 saturated carbocycles. The molecule has 0 aromatic heterocycles. The minimum absolute atomic E-state index is 0.0256. The van der Waals surface area contributed by atoms with Crippen molar-refractivity contribution in [3.63, 3.8) is 0 Å². The summed E-state index contributed by atoms with van der Waals surface area (Å²) in [6, 6.07) is 4.31. The summed E-state index contributed by atoms with van der Waals surface area (Å²) >= 11 is 0. The van der Waals surface area contributed by atoms with Crippen LogP contribution < -0.4 is 5.32 Å². The van der Waals surface area contributed by atoms with Crippen LogP contribution in [0.4, 0.5) is 4.39 Å². The Morgan fingerprint density at radius 2 is 2.32 bits per heavy atom. The third kappa shape index (κ3) is 3.91. The molecule has 0 bridgehead atoms. The molecule has 0 spiro atoms. The zero-order valence-electron chi connectivity index (χ0n) is 11.7. The minimum atomic E-state index is -0.347. The summed E-state index contributed by atoms with van der Waals surface area (Å²) in [7, 11) is 2.15. The molecule has 106 valence electrons. The van der Waals surface area contributed by atoms with Crippen molar-refractivity contribution in [2.45, 2.75) is 25.8 Å². The number of aromatic hydroxyl groups is 1. The number of hydrogen-bond acceptors (Lipinski definition) is 3. The first-order chi connectivity index (χ1) is 9.06. The topological polar surface area (TPSA) is 35.5 Å². The molecule has 3 nitrogen and oxygen atoms in total. The van der Waals surface area contributed by atoms with Gasteiger partial charge in [-0.15, -0.1) is 0 Å². The highest BCUT2D eigenvalue weighted by Gasteiger charge is 2.18. The summed E-state index contributed by atoms with van der Waals surface area (Å²) < 4.78 is 13.7. The minimum Gasteiger partial charge on any atom is -0.508 e. The van der Waals surface area contributed by atoms with Crippen LogP contribution in [0.2, 0.25) is 0 Å². The van der Waals surface area contributed by atoms with E-state index >= 15 is 0 Å². The molecule has 1 aromatic rings. The Balaban J connectivity index is 1.88. The van der Waals surface area contributed by atoms with Crippen LogP contribution in [0.25, 0.3) is 0 Å². The van der Waals surface area contributed by atoms with Crippen LogP contribution in [0, 0.1) is 11.7 Å². The molecule has 1 aliphatic rings. The molecule has 0 aliphatic carbocycles. The lowest BCUT2D eigenvalue weighted by Gasteiger charge is -2.30. The molecule has 1 aliphatic heterocycles. The number of phenols is 1. The number of phenolic OH excluding ortho intramolecular Hbond substituents is 1. The zero-order chi connectivity index (χ0) is 13.8. The van der Waals surface area contributed by atoms with Crippen LogP contribution >= 0.6 is 0 Å². The standard InChI is InChI=1S/C15H23FN2O/c1-11(14-6-5-13(19)8-15(14)16)17-9-12-4-3-7-18(2)10-12/h5-6,8,11-12,17,19H,3-4,7,9-10H2,1-2H3. The molecule has 2 unspecified atom stereocenters. The van der Waals surface area contributed by atoms with Crippen molar-refractivity contribution in [2.75, 3.05) is 26.7 Å². The fourth-order valence-electron chi connectivity index (χ4n) is 2.76. The summed E-state index contributed by atoms with van der Waals surface area (Å²) in [6.07, 6.45) is 2.48. The molecule has 19 heavy (non-hydrogen) atoms. The average Bonchev–Trinajstić information content (AvgIpc) is 2.36. The molecule has 2 N–H and O–H groups in total. The smallest absolute Gasteiger partial charge is 0.131 e. The Kier molecular flexibility index (Phi) is 4.77. The molecule has 2 atom stereocenters. The lowest BCUT2D eigenvalue weighted by molar-refractivity contribution is 0.203. The first-order valence-electron chi connectivity index (χ1n) is 6.96. The average molecular weight is 266 g/mol. The van der Waals surface area contributed by atoms with Gasteiger partial charge in [-0.05, 0) is 51.9 Å². The monoisotopic (exact) mass is 266 g/mol. The first kappa shape index (κ1) is 14.3. The highest BCUT2D eigenvalue weighted by atomic mass is 19.1. The highest BCUT2D eigenvalue weighted by Crippen LogP contribution is 2.22. The summed E-state index contributed by atoms with van der Waals surface area (Å²) in [4.78, 5) is 2.35. The Labute approximate surface area is 114 Å². The molecular formula is C15H23FN2O. The number of benzene rings is 1. The molecular weight excluding hydrogens is 243 g/mol. The van der Waals surface area contributed by atoms with Crippen LogP contribution in [-0.2, 0) is 0 Å². The second-order valence-corrected chi connectivity index (χ2v) is 5.61. The molecule has 1 fully saturated rings. The van der Waals surface area contributed by atoms with Crippen LogP contribution in [0.1, 0.15) is 31.4 Å². The number of likely N-dealkylation sites (tertiary alicyclic amines) is 1. The molecule has 1 saturated heterocycles. The summed E-state index contributed by atoms with van der Waals surface area (Å²) in [6.45, 7) is 5.16. The second kappa shape index (κ2) is 6.35. The van der Waals surface area contributed by atoms with E-state index in [2.05, 4.69) is 17.3 Å². The molecule has 2 rings (SSSR count). The number of rotatable bonds is 4. The van der Waals surface area contributed by atoms with Crippen molar-refractivity contribution < 1.29 is 9.50 Å². The van der Waals surface area contributed by atoms with Gasteiger partial charge in [-0.1, -0.05) is 6.07 Å². The molecule has 4 heteroatoms. The maximum absolute atomic E-state index is 13.7. The van der Waals surface area contributed by atoms with Crippen LogP contribution in [-0.4, -0.2) is 36.7 Å². The molecule has 0 radical (unpaired) electrons. The van der Waals surface area contributed by atoms with Gasteiger partial charge < -0.3 is 15.3 Å². The van der Waals surface area contributed by atoms with Gasteiger partial charge in [0.2, 0.25) is 0 Å². The number of piperidine rings is 1. The van der Waals surface area contributed by atoms with Crippen LogP contribution in [0.3, 0.4) is 0 Å². The van der Waals surface area contributed by atoms with E-state index in [1.165, 1.54) is 31.5 Å². The molecule has 1 heterocycles. The Hall–Kier alpha value is -1.13. The van der Waals surface area contributed by atoms with Gasteiger partial charge in [0, 0.05) is 24.2 Å². The third-order valence-corrected chi connectivity index (χ3v) is 3.89. The Morgan fingerprint density at radius 3 is 3.00 bits per heavy atom. The van der Waals surface area contributed by atoms with Crippen molar-refractivity contribution in [1.82, 2.24) is 10.2 Å². The predicted molar refractivity (Wildman–Crippen MR) is 74.7 cm³/mol. The number of nitrogens with one attached hydrogen (secondary N) is 1. The van der Waals surface area contributed by atoms with Crippen molar-refractivity contribution in [3.8, 4) is 5.75 Å². The Bertz CT molecular complexity index is 425. The van der Waals surface area contributed by atoms with Gasteiger partial charge in [-0.25, -0.2) is 4.39 Å². The van der Waals surface area contributed by atoms with E-state index < -0.39 is 0 Å². The van der Waals surface area contributed by atoms with E-state index in [0.717, 1.165) is 13.1 Å². The van der Waals surface area contributed by atoms with Gasteiger partial charge in [0.1, 0.15) is 11.6 Å². The van der Waals surface area contributed by atoms with Gasteiger partial charge in [0.05, 0.1) is 0 Å². The SMILES string of the molecule is CC(NCC1CCCN(C)C1)c1ccc(O)cc1F. The van der Waals surface area contributed by atoms with Gasteiger partial charge >= 0.3 is 0 Å². The maximum atomic E-state index is 13.7. The summed E-state index contributed by atoms with van der Waals surface area (Å²) in [5, 5.41) is 12.6. The van der Waals surface area contributed by atoms with Crippen molar-refractivity contribution in [2.24, 2.45) is 5.92 Å². The van der Waals surface area contributed by atoms with Gasteiger partial charge in [-0.3, -0.25) is 0 Å². The number of nitrogens with zero attached hydrogens (tertiary/aromatic N) is 1. The predicted octanol–water partition coefficient (Wildman–Crippen LogP) is 2.52. The quantitative estimate of drug-likeness (QED) is 0.879. The normalized spacial score (nSPS) is 22.4. The van der Waals surface area contributed by atoms with E-state index in [-0.39, 0.29) is 17.6 Å². The van der Waals surface area contributed by atoms with Gasteiger partial charge in [0.25, 0.3) is 0 Å². The van der Waals surface area contributed by atoms with Crippen molar-refractivity contribution in [1.29, 1.82) is 0 Å². The first-order valence-corrected chi connectivity index (χ1v) is 6.96. The van der Waals surface area contributed by atoms with Crippen molar-refractivity contribution in [3.05, 3.63) is 29.6 Å². The largest absolute Gasteiger partial charge is 0.508 e. The maximum Gasteiger partial charge on any atom is 0.131 e. The van der Waals surface area contributed by atoms with Crippen LogP contribution in [0.5, 0.6) is 5.75 Å². The molecule has 0 amide bonds. The summed E-state index contributed by atoms with van der Waals surface area (Å²) in [5.74, 6) is 0.268. The van der Waals surface area contributed by atoms with Gasteiger partial charge in [-0.2, -0.15) is 0 Å². The Morgan fingerprint density at radius 1 is 1.53 bits per heavy atom. The van der Waals surface area contributed by atoms with Crippen molar-refractivity contribution >= 4 is 0 Å². The number of hydrogen-bond donors (Lipinski definition) is 2. The zero-order valence-corrected chi connectivity index (χ0v) is 11.7. The van der Waals surface area contributed by atoms with Gasteiger partial charge in [0.15, 0.2) is 0 Å². The van der Waals surface area contributed by atoms with E-state index in [9.17, 15) is 9.50 Å². The van der Waals surface area contributed by atoms with E-state index in [4.69, 9.17) is 0 Å². The van der Waals surface area contributed by atoms with E-state index in [0.29, 0.717) is 11.5 Å². The fraction of sp³-hybridized carbons (Fsp3) is 0.600. The van der Waals surface area contributed by atoms with Crippen LogP contribution in [0.15, 0.2) is 18.2 Å². The van der Waals surface area contributed by atoms with E-state index in [1.807, 2.05) is 6.92 Å². The second-order valence-electron chi connectivity index (χ2n) is 5.61. The molecule has 1 aromatic carbocycles. The lowest BCUT2D eigenvalue weighted by Crippen LogP contribution is -2.38. The highest BCUT2D eigenvalue weighted by molar-refractivity contribution is 5.29. The lowest BCUT2D eigenvalue weighted by atomic mass is 9.97. The number of halogens is 1. The third-order valence-electron chi connectivity index (χ3n) is 3.89. The summed E-state index contributed by atoms with van der Waals surface area (Å²) in [5.41, 5.74) is 0.613.